The van der Waals surface area contributed by atoms with Crippen molar-refractivity contribution in [3.8, 4) is 0 Å². The minimum absolute atomic E-state index is 0.0450. The lowest BCUT2D eigenvalue weighted by molar-refractivity contribution is -0.0374. The van der Waals surface area contributed by atoms with Crippen LogP contribution in [0.1, 0.15) is 59.1 Å². The van der Waals surface area contributed by atoms with Crippen LogP contribution in [0.25, 0.3) is 10.9 Å². The Kier molecular flexibility index (Phi) is 7.45. The van der Waals surface area contributed by atoms with E-state index in [0.29, 0.717) is 48.0 Å². The highest BCUT2D eigenvalue weighted by Crippen LogP contribution is 2.43. The Hall–Kier alpha value is -2.98. The highest BCUT2D eigenvalue weighted by molar-refractivity contribution is 5.95. The van der Waals surface area contributed by atoms with Crippen LogP contribution >= 0.6 is 0 Å². The van der Waals surface area contributed by atoms with Gasteiger partial charge in [-0.15, -0.1) is 0 Å². The van der Waals surface area contributed by atoms with Crippen LogP contribution < -0.4 is 0 Å². The molecular weight excluding hydrogens is 517 g/mol. The zero-order chi connectivity index (χ0) is 28.1. The van der Waals surface area contributed by atoms with Gasteiger partial charge in [-0.25, -0.2) is 22.4 Å². The number of carbonyl (C=O) groups is 1. The average molecular weight is 550 g/mol. The molecule has 0 bridgehead atoms. The van der Waals surface area contributed by atoms with E-state index in [1.165, 1.54) is 29.2 Å². The highest BCUT2D eigenvalue weighted by Gasteiger charge is 2.42. The Morgan fingerprint density at radius 3 is 2.46 bits per heavy atom. The van der Waals surface area contributed by atoms with Crippen molar-refractivity contribution >= 4 is 16.9 Å². The molecule has 1 fully saturated rings. The van der Waals surface area contributed by atoms with Crippen molar-refractivity contribution in [2.24, 2.45) is 5.92 Å². The van der Waals surface area contributed by atoms with Gasteiger partial charge in [0.25, 0.3) is 5.92 Å². The van der Waals surface area contributed by atoms with Crippen molar-refractivity contribution in [2.75, 3.05) is 32.9 Å². The van der Waals surface area contributed by atoms with Crippen LogP contribution in [0.4, 0.5) is 22.0 Å². The van der Waals surface area contributed by atoms with E-state index in [0.717, 1.165) is 25.6 Å². The largest absolute Gasteiger partial charge is 0.478 e. The first-order valence-corrected chi connectivity index (χ1v) is 13.2. The molecule has 2 atom stereocenters. The predicted molar refractivity (Wildman–Crippen MR) is 138 cm³/mol. The fourth-order valence-corrected chi connectivity index (χ4v) is 6.19. The second-order valence-electron chi connectivity index (χ2n) is 11.1. The molecule has 0 aliphatic carbocycles. The number of halogens is 5. The Morgan fingerprint density at radius 1 is 1.15 bits per heavy atom. The first-order valence-electron chi connectivity index (χ1n) is 13.2. The molecular formula is C29H32F5N3O2. The first-order chi connectivity index (χ1) is 18.4. The van der Waals surface area contributed by atoms with Crippen LogP contribution in [0, 0.1) is 17.6 Å². The van der Waals surface area contributed by atoms with E-state index in [1.807, 2.05) is 0 Å². The number of alkyl halides is 3. The lowest BCUT2D eigenvalue weighted by atomic mass is 9.86. The molecule has 2 N–H and O–H groups in total. The van der Waals surface area contributed by atoms with E-state index in [-0.39, 0.29) is 23.7 Å². The van der Waals surface area contributed by atoms with Crippen molar-refractivity contribution in [3.63, 3.8) is 0 Å². The van der Waals surface area contributed by atoms with Crippen LogP contribution in [0.3, 0.4) is 0 Å². The Morgan fingerprint density at radius 2 is 1.85 bits per heavy atom. The standard InChI is InChI=1S/C29H32F5N3O2/c1-16-8-21-20-5-4-19(28(38)39)12-24(20)35-26(21)27(37(16)15-29(2,33)34)25-22(31)10-17(11-23(25)32)9-18-13-36(14-18)7-3-6-30/h4-5,10-12,16,18,27,35H,3,6-9,13-15H2,1-2H3,(H,38,39). The fourth-order valence-electron chi connectivity index (χ4n) is 6.19. The number of rotatable bonds is 9. The Balaban J connectivity index is 1.53. The first kappa shape index (κ1) is 27.6. The molecule has 0 saturated carbocycles. The van der Waals surface area contributed by atoms with Gasteiger partial charge in [-0.2, -0.15) is 0 Å². The van der Waals surface area contributed by atoms with E-state index < -0.39 is 42.2 Å². The molecule has 0 spiro atoms. The molecule has 1 saturated heterocycles. The van der Waals surface area contributed by atoms with Crippen LogP contribution in [-0.4, -0.2) is 70.7 Å². The van der Waals surface area contributed by atoms with E-state index in [1.54, 1.807) is 13.0 Å². The van der Waals surface area contributed by atoms with Crippen molar-refractivity contribution in [1.29, 1.82) is 0 Å². The van der Waals surface area contributed by atoms with Crippen molar-refractivity contribution in [3.05, 3.63) is 69.9 Å². The predicted octanol–water partition coefficient (Wildman–Crippen LogP) is 5.97. The fraction of sp³-hybridized carbons (Fsp3) is 0.483. The molecule has 2 aliphatic heterocycles. The molecule has 2 aliphatic rings. The van der Waals surface area contributed by atoms with Gasteiger partial charge in [0, 0.05) is 54.8 Å². The molecule has 0 amide bonds. The van der Waals surface area contributed by atoms with E-state index in [2.05, 4.69) is 9.88 Å². The maximum atomic E-state index is 15.8. The summed E-state index contributed by atoms with van der Waals surface area (Å²) in [5.41, 5.74) is 1.83. The molecule has 0 radical (unpaired) electrons. The number of benzene rings is 2. The SMILES string of the molecule is CC1Cc2c([nH]c3cc(C(=O)O)ccc23)C(c2c(F)cc(CC3CN(CCCF)C3)cc2F)N1CC(C)(F)F. The number of likely N-dealkylation sites (tertiary alicyclic amines) is 1. The molecule has 210 valence electrons. The van der Waals surface area contributed by atoms with Crippen molar-refractivity contribution < 1.29 is 31.9 Å². The Labute approximate surface area is 223 Å². The summed E-state index contributed by atoms with van der Waals surface area (Å²) in [5, 5.41) is 10.1. The summed E-state index contributed by atoms with van der Waals surface area (Å²) in [4.78, 5) is 18.1. The van der Waals surface area contributed by atoms with Gasteiger partial charge in [0.05, 0.1) is 24.8 Å². The van der Waals surface area contributed by atoms with E-state index >= 15 is 8.78 Å². The molecule has 2 unspecified atom stereocenters. The maximum absolute atomic E-state index is 15.8. The van der Waals surface area contributed by atoms with Gasteiger partial charge in [0.2, 0.25) is 0 Å². The topological polar surface area (TPSA) is 59.6 Å². The average Bonchev–Trinajstić information content (AvgIpc) is 3.18. The number of carboxylic acids is 1. The molecule has 39 heavy (non-hydrogen) atoms. The molecule has 10 heteroatoms. The number of hydrogen-bond donors (Lipinski definition) is 2. The Bertz CT molecular complexity index is 1360. The zero-order valence-corrected chi connectivity index (χ0v) is 21.9. The minimum Gasteiger partial charge on any atom is -0.478 e. The van der Waals surface area contributed by atoms with E-state index in [4.69, 9.17) is 0 Å². The molecule has 2 aromatic carbocycles. The third-order valence-corrected chi connectivity index (χ3v) is 7.89. The molecule has 5 nitrogen and oxygen atoms in total. The summed E-state index contributed by atoms with van der Waals surface area (Å²) < 4.78 is 72.6. The lowest BCUT2D eigenvalue weighted by Gasteiger charge is -2.42. The number of carboxylic acid groups (broad SMARTS) is 1. The molecule has 3 aromatic rings. The summed E-state index contributed by atoms with van der Waals surface area (Å²) in [6.45, 7) is 3.59. The summed E-state index contributed by atoms with van der Waals surface area (Å²) in [7, 11) is 0. The van der Waals surface area contributed by atoms with Crippen molar-refractivity contribution in [2.45, 2.75) is 51.1 Å². The normalized spacial score (nSPS) is 20.8. The van der Waals surface area contributed by atoms with Crippen LogP contribution in [0.2, 0.25) is 0 Å². The van der Waals surface area contributed by atoms with Gasteiger partial charge < -0.3 is 15.0 Å². The second kappa shape index (κ2) is 10.5. The number of fused-ring (bicyclic) bond motifs is 3. The molecule has 3 heterocycles. The van der Waals surface area contributed by atoms with Gasteiger partial charge in [-0.3, -0.25) is 9.29 Å². The lowest BCUT2D eigenvalue weighted by Crippen LogP contribution is -2.48. The summed E-state index contributed by atoms with van der Waals surface area (Å²) in [5.74, 6) is -5.64. The monoisotopic (exact) mass is 549 g/mol. The number of aromatic amines is 1. The third-order valence-electron chi connectivity index (χ3n) is 7.89. The summed E-state index contributed by atoms with van der Waals surface area (Å²) in [6.07, 6.45) is 1.29. The molecule has 1 aromatic heterocycles. The van der Waals surface area contributed by atoms with Gasteiger partial charge in [-0.05, 0) is 67.5 Å². The number of aromatic carboxylic acids is 1. The summed E-state index contributed by atoms with van der Waals surface area (Å²) in [6, 6.07) is 5.51. The van der Waals surface area contributed by atoms with Gasteiger partial charge in [-0.1, -0.05) is 6.07 Å². The number of aromatic nitrogens is 1. The smallest absolute Gasteiger partial charge is 0.335 e. The highest BCUT2D eigenvalue weighted by atomic mass is 19.3. The van der Waals surface area contributed by atoms with Gasteiger partial charge >= 0.3 is 5.97 Å². The number of hydrogen-bond acceptors (Lipinski definition) is 3. The number of nitrogens with zero attached hydrogens (tertiary/aromatic N) is 2. The van der Waals surface area contributed by atoms with Crippen LogP contribution in [-0.2, 0) is 12.8 Å². The van der Waals surface area contributed by atoms with Crippen molar-refractivity contribution in [1.82, 2.24) is 14.8 Å². The van der Waals surface area contributed by atoms with Gasteiger partial charge in [0.1, 0.15) is 11.6 Å². The zero-order valence-electron chi connectivity index (χ0n) is 21.9. The minimum atomic E-state index is -3.11. The molecule has 5 rings (SSSR count). The van der Waals surface area contributed by atoms with Crippen LogP contribution in [0.5, 0.6) is 0 Å². The number of nitrogens with one attached hydrogen (secondary N) is 1. The van der Waals surface area contributed by atoms with Crippen LogP contribution in [0.15, 0.2) is 30.3 Å². The van der Waals surface area contributed by atoms with Gasteiger partial charge in [0.15, 0.2) is 0 Å². The second-order valence-corrected chi connectivity index (χ2v) is 11.1. The third kappa shape index (κ3) is 5.54. The summed E-state index contributed by atoms with van der Waals surface area (Å²) >= 11 is 0. The quantitative estimate of drug-likeness (QED) is 0.323. The maximum Gasteiger partial charge on any atom is 0.335 e. The number of H-pyrrole nitrogens is 1. The van der Waals surface area contributed by atoms with E-state index in [9.17, 15) is 23.1 Å².